The molecule has 0 saturated carbocycles. The van der Waals surface area contributed by atoms with Crippen molar-refractivity contribution >= 4 is 23.4 Å². The van der Waals surface area contributed by atoms with E-state index in [0.29, 0.717) is 47.8 Å². The van der Waals surface area contributed by atoms with Crippen LogP contribution in [0.3, 0.4) is 0 Å². The third-order valence-electron chi connectivity index (χ3n) is 5.62. The van der Waals surface area contributed by atoms with Crippen LogP contribution in [-0.4, -0.2) is 74.2 Å². The summed E-state index contributed by atoms with van der Waals surface area (Å²) in [5.41, 5.74) is 1.83. The predicted octanol–water partition coefficient (Wildman–Crippen LogP) is 3.34. The number of hydrogen-bond acceptors (Lipinski definition) is 9. The minimum absolute atomic E-state index is 0.115. The summed E-state index contributed by atoms with van der Waals surface area (Å²) < 4.78 is 21.4. The van der Waals surface area contributed by atoms with Gasteiger partial charge in [-0.15, -0.1) is 11.8 Å². The van der Waals surface area contributed by atoms with Crippen molar-refractivity contribution in [2.75, 3.05) is 58.2 Å². The summed E-state index contributed by atoms with van der Waals surface area (Å²) in [6.07, 6.45) is 0. The zero-order valence-corrected chi connectivity index (χ0v) is 20.3. The molecule has 0 spiro atoms. The second kappa shape index (κ2) is 11.1. The maximum Gasteiger partial charge on any atom is 0.236 e. The highest BCUT2D eigenvalue weighted by atomic mass is 32.2. The van der Waals surface area contributed by atoms with E-state index in [0.717, 1.165) is 30.1 Å². The maximum atomic E-state index is 12.7. The molecule has 180 valence electrons. The molecule has 0 N–H and O–H groups in total. The highest BCUT2D eigenvalue weighted by Crippen LogP contribution is 2.31. The Morgan fingerprint density at radius 3 is 2.44 bits per heavy atom. The van der Waals surface area contributed by atoms with Crippen molar-refractivity contribution in [1.29, 1.82) is 0 Å². The van der Waals surface area contributed by atoms with Crippen LogP contribution in [0, 0.1) is 0 Å². The van der Waals surface area contributed by atoms with Gasteiger partial charge in [0.15, 0.2) is 11.5 Å². The number of piperazine rings is 1. The Bertz CT molecular complexity index is 1110. The second-order valence-electron chi connectivity index (χ2n) is 7.61. The van der Waals surface area contributed by atoms with Crippen molar-refractivity contribution in [2.45, 2.75) is 5.75 Å². The fourth-order valence-corrected chi connectivity index (χ4v) is 4.56. The number of hydrogen-bond donors (Lipinski definition) is 0. The number of benzene rings is 2. The first-order chi connectivity index (χ1) is 16.6. The number of methoxy groups -OCH3 is 3. The molecule has 3 aromatic rings. The van der Waals surface area contributed by atoms with Crippen molar-refractivity contribution in [2.24, 2.45) is 0 Å². The standard InChI is InChI=1S/C24H28N4O5S/c1-30-19-7-5-4-6-18(19)27-10-12-28(13-11-27)23(29)16-34-15-22-25-24(26-33-22)17-8-9-20(31-2)21(14-17)32-3/h4-9,14H,10-13,15-16H2,1-3H3. The number of aromatic nitrogens is 2. The van der Waals surface area contributed by atoms with E-state index in [1.807, 2.05) is 35.2 Å². The minimum Gasteiger partial charge on any atom is -0.495 e. The third-order valence-corrected chi connectivity index (χ3v) is 6.52. The lowest BCUT2D eigenvalue weighted by molar-refractivity contribution is -0.128. The Labute approximate surface area is 203 Å². The zero-order chi connectivity index (χ0) is 23.9. The Kier molecular flexibility index (Phi) is 7.79. The quantitative estimate of drug-likeness (QED) is 0.453. The molecule has 2 aromatic carbocycles. The van der Waals surface area contributed by atoms with Gasteiger partial charge in [0.25, 0.3) is 0 Å². The average Bonchev–Trinajstić information content (AvgIpc) is 3.37. The number of rotatable bonds is 9. The molecule has 1 saturated heterocycles. The molecular formula is C24H28N4O5S. The number of amides is 1. The fraction of sp³-hybridized carbons (Fsp3) is 0.375. The van der Waals surface area contributed by atoms with Crippen molar-refractivity contribution in [3.8, 4) is 28.6 Å². The molecule has 34 heavy (non-hydrogen) atoms. The third kappa shape index (κ3) is 5.39. The number of para-hydroxylation sites is 2. The van der Waals surface area contributed by atoms with Crippen LogP contribution in [0.1, 0.15) is 5.89 Å². The lowest BCUT2D eigenvalue weighted by Gasteiger charge is -2.36. The van der Waals surface area contributed by atoms with Crippen LogP contribution in [0.5, 0.6) is 17.2 Å². The Morgan fingerprint density at radius 2 is 1.71 bits per heavy atom. The number of thioether (sulfide) groups is 1. The van der Waals surface area contributed by atoms with Gasteiger partial charge in [-0.25, -0.2) is 0 Å². The van der Waals surface area contributed by atoms with E-state index in [1.165, 1.54) is 11.8 Å². The van der Waals surface area contributed by atoms with Gasteiger partial charge in [-0.3, -0.25) is 4.79 Å². The number of anilines is 1. The van der Waals surface area contributed by atoms with Crippen LogP contribution in [0.15, 0.2) is 47.0 Å². The molecule has 0 atom stereocenters. The molecule has 10 heteroatoms. The summed E-state index contributed by atoms with van der Waals surface area (Å²) in [5, 5.41) is 4.05. The van der Waals surface area contributed by atoms with Gasteiger partial charge in [0.05, 0.1) is 38.5 Å². The number of carbonyl (C=O) groups excluding carboxylic acids is 1. The van der Waals surface area contributed by atoms with Crippen LogP contribution < -0.4 is 19.1 Å². The van der Waals surface area contributed by atoms with E-state index in [-0.39, 0.29) is 5.91 Å². The normalized spacial score (nSPS) is 13.6. The van der Waals surface area contributed by atoms with Crippen LogP contribution in [0.2, 0.25) is 0 Å². The molecule has 4 rings (SSSR count). The lowest BCUT2D eigenvalue weighted by atomic mass is 10.2. The van der Waals surface area contributed by atoms with Gasteiger partial charge in [-0.2, -0.15) is 4.98 Å². The molecule has 9 nitrogen and oxygen atoms in total. The van der Waals surface area contributed by atoms with Crippen molar-refractivity contribution in [1.82, 2.24) is 15.0 Å². The molecule has 0 bridgehead atoms. The van der Waals surface area contributed by atoms with Gasteiger partial charge in [0.2, 0.25) is 17.6 Å². The minimum atomic E-state index is 0.115. The molecule has 1 aliphatic rings. The Balaban J connectivity index is 1.25. The number of nitrogens with zero attached hydrogens (tertiary/aromatic N) is 4. The van der Waals surface area contributed by atoms with Crippen molar-refractivity contribution in [3.05, 3.63) is 48.4 Å². The fourth-order valence-electron chi connectivity index (χ4n) is 3.81. The topological polar surface area (TPSA) is 90.2 Å². The van der Waals surface area contributed by atoms with E-state index in [4.69, 9.17) is 18.7 Å². The van der Waals surface area contributed by atoms with E-state index >= 15 is 0 Å². The maximum absolute atomic E-state index is 12.7. The molecule has 1 fully saturated rings. The first kappa shape index (κ1) is 23.7. The van der Waals surface area contributed by atoms with Crippen LogP contribution in [-0.2, 0) is 10.5 Å². The number of ether oxygens (including phenoxy) is 3. The highest BCUT2D eigenvalue weighted by Gasteiger charge is 2.23. The van der Waals surface area contributed by atoms with Gasteiger partial charge >= 0.3 is 0 Å². The van der Waals surface area contributed by atoms with Crippen LogP contribution in [0.25, 0.3) is 11.4 Å². The molecule has 1 aliphatic heterocycles. The van der Waals surface area contributed by atoms with E-state index in [2.05, 4.69) is 15.0 Å². The predicted molar refractivity (Wildman–Crippen MR) is 131 cm³/mol. The van der Waals surface area contributed by atoms with Crippen molar-refractivity contribution < 1.29 is 23.5 Å². The Hall–Kier alpha value is -3.40. The molecule has 0 radical (unpaired) electrons. The monoisotopic (exact) mass is 484 g/mol. The SMILES string of the molecule is COc1ccc(-c2noc(CSCC(=O)N3CCN(c4ccccc4OC)CC3)n2)cc1OC. The van der Waals surface area contributed by atoms with Gasteiger partial charge in [-0.05, 0) is 30.3 Å². The first-order valence-corrected chi connectivity index (χ1v) is 12.1. The Morgan fingerprint density at radius 1 is 0.971 bits per heavy atom. The van der Waals surface area contributed by atoms with Gasteiger partial charge in [-0.1, -0.05) is 17.3 Å². The summed E-state index contributed by atoms with van der Waals surface area (Å²) >= 11 is 1.47. The van der Waals surface area contributed by atoms with E-state index < -0.39 is 0 Å². The molecule has 0 aliphatic carbocycles. The molecular weight excluding hydrogens is 456 g/mol. The summed E-state index contributed by atoms with van der Waals surface area (Å²) in [6, 6.07) is 13.4. The smallest absolute Gasteiger partial charge is 0.236 e. The van der Waals surface area contributed by atoms with E-state index in [1.54, 1.807) is 33.5 Å². The van der Waals surface area contributed by atoms with E-state index in [9.17, 15) is 4.79 Å². The average molecular weight is 485 g/mol. The summed E-state index contributed by atoms with van der Waals surface area (Å²) in [6.45, 7) is 2.91. The van der Waals surface area contributed by atoms with Crippen LogP contribution >= 0.6 is 11.8 Å². The second-order valence-corrected chi connectivity index (χ2v) is 8.60. The highest BCUT2D eigenvalue weighted by molar-refractivity contribution is 7.99. The summed E-state index contributed by atoms with van der Waals surface area (Å²) in [7, 11) is 4.84. The summed E-state index contributed by atoms with van der Waals surface area (Å²) in [5.74, 6) is 3.97. The largest absolute Gasteiger partial charge is 0.495 e. The summed E-state index contributed by atoms with van der Waals surface area (Å²) in [4.78, 5) is 21.3. The lowest BCUT2D eigenvalue weighted by Crippen LogP contribution is -2.49. The van der Waals surface area contributed by atoms with Gasteiger partial charge in [0, 0.05) is 31.7 Å². The van der Waals surface area contributed by atoms with Gasteiger partial charge in [0.1, 0.15) is 5.75 Å². The zero-order valence-electron chi connectivity index (χ0n) is 19.5. The molecule has 0 unspecified atom stereocenters. The molecule has 2 heterocycles. The molecule has 1 aromatic heterocycles. The first-order valence-electron chi connectivity index (χ1n) is 10.9. The molecule has 1 amide bonds. The number of carbonyl (C=O) groups is 1. The van der Waals surface area contributed by atoms with Gasteiger partial charge < -0.3 is 28.5 Å². The van der Waals surface area contributed by atoms with Crippen molar-refractivity contribution in [3.63, 3.8) is 0 Å². The van der Waals surface area contributed by atoms with Crippen LogP contribution in [0.4, 0.5) is 5.69 Å².